The van der Waals surface area contributed by atoms with Crippen molar-refractivity contribution in [3.05, 3.63) is 10.1 Å². The minimum atomic E-state index is -0.674. The van der Waals surface area contributed by atoms with Crippen LogP contribution in [0.4, 0.5) is 0 Å². The number of hydrogen-bond acceptors (Lipinski definition) is 5. The van der Waals surface area contributed by atoms with Crippen molar-refractivity contribution in [2.45, 2.75) is 32.4 Å². The molecule has 116 valence electrons. The first-order valence-electron chi connectivity index (χ1n) is 6.74. The molecule has 0 aromatic heterocycles. The first kappa shape index (κ1) is 17.2. The lowest BCUT2D eigenvalue weighted by Gasteiger charge is -2.24. The summed E-state index contributed by atoms with van der Waals surface area (Å²) in [4.78, 5) is 12.6. The van der Waals surface area contributed by atoms with E-state index < -0.39 is 5.03 Å². The van der Waals surface area contributed by atoms with Crippen LogP contribution in [0.15, 0.2) is 5.10 Å². The van der Waals surface area contributed by atoms with Gasteiger partial charge in [0, 0.05) is 19.1 Å². The molecule has 0 aromatic rings. The van der Waals surface area contributed by atoms with Gasteiger partial charge in [0.25, 0.3) is 0 Å². The number of likely N-dealkylation sites (N-methyl/N-ethyl adjacent to an activating group) is 1. The van der Waals surface area contributed by atoms with E-state index in [0.717, 1.165) is 26.1 Å². The zero-order chi connectivity index (χ0) is 15.1. The van der Waals surface area contributed by atoms with E-state index in [1.807, 2.05) is 6.92 Å². The van der Waals surface area contributed by atoms with E-state index in [2.05, 4.69) is 29.3 Å². The van der Waals surface area contributed by atoms with Gasteiger partial charge < -0.3 is 15.0 Å². The molecule has 20 heavy (non-hydrogen) atoms. The van der Waals surface area contributed by atoms with Crippen molar-refractivity contribution in [1.82, 2.24) is 10.2 Å². The van der Waals surface area contributed by atoms with Gasteiger partial charge in [0.05, 0.1) is 17.8 Å². The molecular formula is C12H24N4O3S. The van der Waals surface area contributed by atoms with Crippen LogP contribution in [0.1, 0.15) is 20.3 Å². The largest absolute Gasteiger partial charge is 0.378 e. The van der Waals surface area contributed by atoms with E-state index >= 15 is 0 Å². The monoisotopic (exact) mass is 304 g/mol. The average molecular weight is 304 g/mol. The van der Waals surface area contributed by atoms with E-state index in [-0.39, 0.29) is 6.04 Å². The third-order valence-electron chi connectivity index (χ3n) is 3.17. The third kappa shape index (κ3) is 6.53. The van der Waals surface area contributed by atoms with Crippen molar-refractivity contribution >= 4 is 16.9 Å². The second-order valence-corrected chi connectivity index (χ2v) is 6.15. The zero-order valence-electron chi connectivity index (χ0n) is 12.5. The Labute approximate surface area is 124 Å². The van der Waals surface area contributed by atoms with E-state index in [1.54, 1.807) is 6.26 Å². The van der Waals surface area contributed by atoms with Crippen LogP contribution in [0.25, 0.3) is 0 Å². The van der Waals surface area contributed by atoms with Crippen molar-refractivity contribution in [3.8, 4) is 0 Å². The molecule has 1 heterocycles. The molecule has 0 saturated carbocycles. The normalized spacial score (nSPS) is 24.9. The van der Waals surface area contributed by atoms with Crippen molar-refractivity contribution < 1.29 is 9.77 Å². The van der Waals surface area contributed by atoms with Crippen LogP contribution in [0.2, 0.25) is 0 Å². The number of nitrogens with zero attached hydrogens (tertiary/aromatic N) is 3. The molecule has 1 aliphatic rings. The van der Waals surface area contributed by atoms with E-state index in [0.29, 0.717) is 17.2 Å². The molecule has 1 saturated heterocycles. The lowest BCUT2D eigenvalue weighted by atomic mass is 10.1. The van der Waals surface area contributed by atoms with Crippen molar-refractivity contribution in [2.24, 2.45) is 11.0 Å². The van der Waals surface area contributed by atoms with E-state index in [9.17, 15) is 10.1 Å². The molecule has 1 aliphatic heterocycles. The minimum absolute atomic E-state index is 0.103. The molecule has 7 nitrogen and oxygen atoms in total. The molecule has 0 radical (unpaired) electrons. The highest BCUT2D eigenvalue weighted by molar-refractivity contribution is 8.13. The summed E-state index contributed by atoms with van der Waals surface area (Å²) >= 11 is 1.25. The molecule has 1 rings (SSSR count). The SMILES string of the molecule is CSC(=N[N+](=O)[O-])NC(C)CN(C)CC1COC(C)C1. The van der Waals surface area contributed by atoms with Gasteiger partial charge in [-0.05, 0) is 39.5 Å². The fourth-order valence-corrected chi connectivity index (χ4v) is 2.94. The second-order valence-electron chi connectivity index (χ2n) is 5.36. The topological polar surface area (TPSA) is 80.0 Å². The van der Waals surface area contributed by atoms with Crippen LogP contribution in [0, 0.1) is 16.0 Å². The number of hydrogen-bond donors (Lipinski definition) is 1. The number of ether oxygens (including phenoxy) is 1. The van der Waals surface area contributed by atoms with Gasteiger partial charge in [-0.2, -0.15) is 0 Å². The Hall–Kier alpha value is -0.860. The molecule has 1 fully saturated rings. The molecule has 8 heteroatoms. The molecule has 1 N–H and O–H groups in total. The first-order valence-corrected chi connectivity index (χ1v) is 7.96. The number of nitrogens with one attached hydrogen (secondary N) is 1. The third-order valence-corrected chi connectivity index (χ3v) is 3.76. The summed E-state index contributed by atoms with van der Waals surface area (Å²) in [6, 6.07) is 0.103. The van der Waals surface area contributed by atoms with Gasteiger partial charge in [-0.25, -0.2) is 10.1 Å². The number of amidine groups is 1. The Morgan fingerprint density at radius 1 is 1.70 bits per heavy atom. The Kier molecular flexibility index (Phi) is 7.25. The summed E-state index contributed by atoms with van der Waals surface area (Å²) in [6.45, 7) is 6.71. The van der Waals surface area contributed by atoms with Crippen molar-refractivity contribution in [1.29, 1.82) is 0 Å². The van der Waals surface area contributed by atoms with E-state index in [4.69, 9.17) is 4.74 Å². The molecule has 0 spiro atoms. The van der Waals surface area contributed by atoms with Gasteiger partial charge in [-0.15, -0.1) is 0 Å². The van der Waals surface area contributed by atoms with Gasteiger partial charge in [0.1, 0.15) is 0 Å². The fourth-order valence-electron chi connectivity index (χ4n) is 2.48. The van der Waals surface area contributed by atoms with Gasteiger partial charge in [-0.1, -0.05) is 11.8 Å². The summed E-state index contributed by atoms with van der Waals surface area (Å²) < 4.78 is 5.56. The fraction of sp³-hybridized carbons (Fsp3) is 0.917. The maximum absolute atomic E-state index is 10.4. The molecule has 0 aromatic carbocycles. The van der Waals surface area contributed by atoms with Gasteiger partial charge in [-0.3, -0.25) is 0 Å². The summed E-state index contributed by atoms with van der Waals surface area (Å²) in [6.07, 6.45) is 3.23. The van der Waals surface area contributed by atoms with Crippen LogP contribution in [0.3, 0.4) is 0 Å². The van der Waals surface area contributed by atoms with Gasteiger partial charge in [0.15, 0.2) is 5.03 Å². The van der Waals surface area contributed by atoms with Crippen molar-refractivity contribution in [2.75, 3.05) is 33.0 Å². The number of rotatable bonds is 6. The molecule has 0 aliphatic carbocycles. The standard InChI is InChI=1S/C12H24N4O3S/c1-9(13-12(20-4)14-16(17)18)6-15(3)7-11-5-10(2)19-8-11/h9-11H,5-8H2,1-4H3,(H,13,14). The molecule has 3 unspecified atom stereocenters. The summed E-state index contributed by atoms with van der Waals surface area (Å²) in [7, 11) is 2.06. The zero-order valence-corrected chi connectivity index (χ0v) is 13.4. The summed E-state index contributed by atoms with van der Waals surface area (Å²) in [5, 5.41) is 16.4. The predicted octanol–water partition coefficient (Wildman–Crippen LogP) is 1.23. The lowest BCUT2D eigenvalue weighted by Crippen LogP contribution is -2.41. The van der Waals surface area contributed by atoms with Crippen LogP contribution in [-0.4, -0.2) is 60.2 Å². The van der Waals surface area contributed by atoms with E-state index in [1.165, 1.54) is 11.8 Å². The Balaban J connectivity index is 2.33. The summed E-state index contributed by atoms with van der Waals surface area (Å²) in [5.74, 6) is 0.578. The molecule has 0 bridgehead atoms. The van der Waals surface area contributed by atoms with Crippen molar-refractivity contribution in [3.63, 3.8) is 0 Å². The smallest absolute Gasteiger partial charge is 0.235 e. The van der Waals surface area contributed by atoms with Gasteiger partial charge >= 0.3 is 0 Å². The minimum Gasteiger partial charge on any atom is -0.378 e. The lowest BCUT2D eigenvalue weighted by molar-refractivity contribution is -0.484. The van der Waals surface area contributed by atoms with Crippen LogP contribution < -0.4 is 5.32 Å². The van der Waals surface area contributed by atoms with Crippen LogP contribution in [-0.2, 0) is 4.74 Å². The quantitative estimate of drug-likeness (QED) is 0.344. The Bertz CT molecular complexity index is 354. The molecule has 0 amide bonds. The van der Waals surface area contributed by atoms with Crippen LogP contribution in [0.5, 0.6) is 0 Å². The number of hydrazone groups is 1. The first-order chi connectivity index (χ1) is 9.40. The molecule has 3 atom stereocenters. The van der Waals surface area contributed by atoms with Crippen LogP contribution >= 0.6 is 11.8 Å². The maximum atomic E-state index is 10.4. The highest BCUT2D eigenvalue weighted by Crippen LogP contribution is 2.19. The van der Waals surface area contributed by atoms with Gasteiger partial charge in [0.2, 0.25) is 5.17 Å². The highest BCUT2D eigenvalue weighted by atomic mass is 32.2. The number of nitro groups is 1. The number of thioether (sulfide) groups is 1. The maximum Gasteiger partial charge on any atom is 0.235 e. The predicted molar refractivity (Wildman–Crippen MR) is 81.6 cm³/mol. The average Bonchev–Trinajstić information content (AvgIpc) is 2.72. The Morgan fingerprint density at radius 3 is 2.90 bits per heavy atom. The Morgan fingerprint density at radius 2 is 2.40 bits per heavy atom. The summed E-state index contributed by atoms with van der Waals surface area (Å²) in [5.41, 5.74) is 0. The highest BCUT2D eigenvalue weighted by Gasteiger charge is 2.23. The molecular weight excluding hydrogens is 280 g/mol. The second kappa shape index (κ2) is 8.43.